The molecule has 2 aromatic rings. The summed E-state index contributed by atoms with van der Waals surface area (Å²) in [5.74, 6) is 0. The fraction of sp³-hybridized carbons (Fsp3) is 0.471. The Balaban J connectivity index is 1.96. The van der Waals surface area contributed by atoms with Crippen LogP contribution in [0.1, 0.15) is 41.6 Å². The minimum atomic E-state index is 0.0236. The third kappa shape index (κ3) is 3.08. The van der Waals surface area contributed by atoms with Crippen molar-refractivity contribution < 1.29 is 0 Å². The molecular weight excluding hydrogens is 344 g/mol. The second-order valence-corrected chi connectivity index (χ2v) is 7.67. The summed E-state index contributed by atoms with van der Waals surface area (Å²) in [7, 11) is 0. The molecule has 1 N–H and O–H groups in total. The van der Waals surface area contributed by atoms with E-state index in [2.05, 4.69) is 58.7 Å². The molecule has 0 aliphatic heterocycles. The first-order valence-corrected chi connectivity index (χ1v) is 9.25. The quantitative estimate of drug-likeness (QED) is 0.857. The van der Waals surface area contributed by atoms with Gasteiger partial charge in [-0.3, -0.25) is 0 Å². The van der Waals surface area contributed by atoms with E-state index >= 15 is 0 Å². The zero-order valence-electron chi connectivity index (χ0n) is 12.6. The van der Waals surface area contributed by atoms with Crippen LogP contribution in [0.25, 0.3) is 0 Å². The van der Waals surface area contributed by atoms with E-state index < -0.39 is 0 Å². The average molecular weight is 365 g/mol. The molecular formula is C17H21BrN2S. The standard InChI is InChI=1S/C17H21BrN2S/c1-3-8-19-17(16-20-12(2)11-21-16)7-6-13-9-15(18)5-4-14(13)10-17/h4-5,9,11,19H,3,6-8,10H2,1-2H3. The van der Waals surface area contributed by atoms with E-state index in [0.717, 1.165) is 37.9 Å². The second kappa shape index (κ2) is 6.19. The van der Waals surface area contributed by atoms with Gasteiger partial charge in [0, 0.05) is 15.5 Å². The van der Waals surface area contributed by atoms with Crippen LogP contribution in [-0.4, -0.2) is 11.5 Å². The lowest BCUT2D eigenvalue weighted by molar-refractivity contribution is 0.290. The minimum Gasteiger partial charge on any atom is -0.305 e. The second-order valence-electron chi connectivity index (χ2n) is 5.89. The molecule has 112 valence electrons. The number of hydrogen-bond donors (Lipinski definition) is 1. The number of aromatic nitrogens is 1. The van der Waals surface area contributed by atoms with Crippen molar-refractivity contribution in [1.29, 1.82) is 0 Å². The van der Waals surface area contributed by atoms with E-state index in [1.807, 2.05) is 0 Å². The van der Waals surface area contributed by atoms with Gasteiger partial charge in [0.15, 0.2) is 0 Å². The Bertz CT molecular complexity index is 637. The van der Waals surface area contributed by atoms with Crippen LogP contribution in [0.3, 0.4) is 0 Å². The molecule has 1 aromatic carbocycles. The largest absolute Gasteiger partial charge is 0.305 e. The van der Waals surface area contributed by atoms with E-state index in [4.69, 9.17) is 4.98 Å². The van der Waals surface area contributed by atoms with Gasteiger partial charge in [-0.05, 0) is 62.4 Å². The summed E-state index contributed by atoms with van der Waals surface area (Å²) in [4.78, 5) is 4.80. The van der Waals surface area contributed by atoms with Gasteiger partial charge in [0.05, 0.1) is 5.54 Å². The van der Waals surface area contributed by atoms with Crippen LogP contribution < -0.4 is 5.32 Å². The first-order valence-electron chi connectivity index (χ1n) is 7.58. The summed E-state index contributed by atoms with van der Waals surface area (Å²) < 4.78 is 1.18. The number of benzene rings is 1. The number of nitrogens with one attached hydrogen (secondary N) is 1. The van der Waals surface area contributed by atoms with Crippen LogP contribution in [0.5, 0.6) is 0 Å². The van der Waals surface area contributed by atoms with Crippen LogP contribution in [0.4, 0.5) is 0 Å². The van der Waals surface area contributed by atoms with Crippen molar-refractivity contribution in [3.05, 3.63) is 49.9 Å². The Morgan fingerprint density at radius 1 is 1.38 bits per heavy atom. The van der Waals surface area contributed by atoms with Gasteiger partial charge < -0.3 is 5.32 Å². The van der Waals surface area contributed by atoms with Crippen LogP contribution in [0, 0.1) is 6.92 Å². The van der Waals surface area contributed by atoms with E-state index in [1.165, 1.54) is 20.6 Å². The van der Waals surface area contributed by atoms with Gasteiger partial charge >= 0.3 is 0 Å². The highest BCUT2D eigenvalue weighted by Crippen LogP contribution is 2.38. The van der Waals surface area contributed by atoms with Gasteiger partial charge in [0.25, 0.3) is 0 Å². The minimum absolute atomic E-state index is 0.0236. The molecule has 0 saturated heterocycles. The van der Waals surface area contributed by atoms with Gasteiger partial charge in [0.1, 0.15) is 5.01 Å². The average Bonchev–Trinajstić information content (AvgIpc) is 2.92. The van der Waals surface area contributed by atoms with Crippen LogP contribution in [0.15, 0.2) is 28.1 Å². The molecule has 1 aromatic heterocycles. The molecule has 3 rings (SSSR count). The molecule has 2 nitrogen and oxygen atoms in total. The summed E-state index contributed by atoms with van der Waals surface area (Å²) in [6, 6.07) is 6.69. The number of rotatable bonds is 4. The molecule has 1 aliphatic rings. The molecule has 1 atom stereocenters. The molecule has 0 fully saturated rings. The molecule has 0 saturated carbocycles. The number of aryl methyl sites for hydroxylation is 2. The summed E-state index contributed by atoms with van der Waals surface area (Å²) in [6.45, 7) is 5.35. The molecule has 0 bridgehead atoms. The fourth-order valence-corrected chi connectivity index (χ4v) is 4.52. The maximum atomic E-state index is 4.80. The van der Waals surface area contributed by atoms with E-state index in [-0.39, 0.29) is 5.54 Å². The maximum absolute atomic E-state index is 4.80. The van der Waals surface area contributed by atoms with Crippen molar-refractivity contribution in [3.63, 3.8) is 0 Å². The zero-order valence-corrected chi connectivity index (χ0v) is 15.0. The third-order valence-corrected chi connectivity index (χ3v) is 5.88. The first-order chi connectivity index (χ1) is 10.1. The Kier molecular flexibility index (Phi) is 4.48. The summed E-state index contributed by atoms with van der Waals surface area (Å²) in [5.41, 5.74) is 4.09. The van der Waals surface area contributed by atoms with Crippen LogP contribution in [-0.2, 0) is 18.4 Å². The van der Waals surface area contributed by atoms with Gasteiger partial charge in [-0.15, -0.1) is 11.3 Å². The number of fused-ring (bicyclic) bond motifs is 1. The highest BCUT2D eigenvalue weighted by atomic mass is 79.9. The Labute approximate surface area is 139 Å². The number of hydrogen-bond acceptors (Lipinski definition) is 3. The summed E-state index contributed by atoms with van der Waals surface area (Å²) in [5, 5.41) is 7.23. The molecule has 4 heteroatoms. The van der Waals surface area contributed by atoms with E-state index in [1.54, 1.807) is 11.3 Å². The molecule has 21 heavy (non-hydrogen) atoms. The van der Waals surface area contributed by atoms with Crippen molar-refractivity contribution in [3.8, 4) is 0 Å². The van der Waals surface area contributed by atoms with Crippen molar-refractivity contribution in [1.82, 2.24) is 10.3 Å². The van der Waals surface area contributed by atoms with Crippen molar-refractivity contribution in [2.24, 2.45) is 0 Å². The smallest absolute Gasteiger partial charge is 0.113 e. The third-order valence-electron chi connectivity index (χ3n) is 4.22. The Morgan fingerprint density at radius 2 is 2.24 bits per heavy atom. The Morgan fingerprint density at radius 3 is 2.95 bits per heavy atom. The van der Waals surface area contributed by atoms with E-state index in [9.17, 15) is 0 Å². The summed E-state index contributed by atoms with van der Waals surface area (Å²) >= 11 is 5.38. The fourth-order valence-electron chi connectivity index (χ4n) is 3.11. The number of nitrogens with zero attached hydrogens (tertiary/aromatic N) is 1. The molecule has 0 spiro atoms. The van der Waals surface area contributed by atoms with Crippen LogP contribution >= 0.6 is 27.3 Å². The first kappa shape index (κ1) is 15.2. The lowest BCUT2D eigenvalue weighted by Gasteiger charge is -2.38. The molecule has 0 amide bonds. The predicted octanol–water partition coefficient (Wildman–Crippen LogP) is 4.60. The number of halogens is 1. The SMILES string of the molecule is CCCNC1(c2nc(C)cs2)CCc2cc(Br)ccc2C1. The monoisotopic (exact) mass is 364 g/mol. The number of thiazole rings is 1. The zero-order chi connectivity index (χ0) is 14.9. The van der Waals surface area contributed by atoms with Gasteiger partial charge in [-0.2, -0.15) is 0 Å². The van der Waals surface area contributed by atoms with Gasteiger partial charge in [-0.25, -0.2) is 4.98 Å². The van der Waals surface area contributed by atoms with Crippen molar-refractivity contribution in [2.45, 2.75) is 45.1 Å². The highest BCUT2D eigenvalue weighted by molar-refractivity contribution is 9.10. The normalized spacial score (nSPS) is 21.3. The van der Waals surface area contributed by atoms with Gasteiger partial charge in [-0.1, -0.05) is 28.9 Å². The van der Waals surface area contributed by atoms with Gasteiger partial charge in [0.2, 0.25) is 0 Å². The van der Waals surface area contributed by atoms with Crippen molar-refractivity contribution >= 4 is 27.3 Å². The van der Waals surface area contributed by atoms with E-state index in [0.29, 0.717) is 0 Å². The lowest BCUT2D eigenvalue weighted by Crippen LogP contribution is -2.47. The molecule has 1 unspecified atom stereocenters. The summed E-state index contributed by atoms with van der Waals surface area (Å²) in [6.07, 6.45) is 4.44. The van der Waals surface area contributed by atoms with Crippen LogP contribution in [0.2, 0.25) is 0 Å². The lowest BCUT2D eigenvalue weighted by atomic mass is 9.78. The molecule has 1 aliphatic carbocycles. The molecule has 0 radical (unpaired) electrons. The van der Waals surface area contributed by atoms with Crippen molar-refractivity contribution in [2.75, 3.05) is 6.54 Å². The maximum Gasteiger partial charge on any atom is 0.113 e. The topological polar surface area (TPSA) is 24.9 Å². The predicted molar refractivity (Wildman–Crippen MR) is 93.0 cm³/mol. The molecule has 1 heterocycles. The highest BCUT2D eigenvalue weighted by Gasteiger charge is 2.37. The Hall–Kier alpha value is -0.710.